The smallest absolute Gasteiger partial charge is 0.328 e. The third-order valence-corrected chi connectivity index (χ3v) is 3.51. The zero-order chi connectivity index (χ0) is 16.8. The van der Waals surface area contributed by atoms with Crippen LogP contribution in [0.25, 0.3) is 0 Å². The highest BCUT2D eigenvalue weighted by Crippen LogP contribution is 2.16. The van der Waals surface area contributed by atoms with Gasteiger partial charge in [-0.25, -0.2) is 4.79 Å². The van der Waals surface area contributed by atoms with Crippen LogP contribution in [0.1, 0.15) is 11.6 Å². The Balaban J connectivity index is 1.99. The van der Waals surface area contributed by atoms with Gasteiger partial charge in [-0.15, -0.1) is 0 Å². The molecule has 2 rings (SSSR count). The van der Waals surface area contributed by atoms with Crippen molar-refractivity contribution in [2.75, 3.05) is 20.6 Å². The van der Waals surface area contributed by atoms with Gasteiger partial charge in [0.2, 0.25) is 5.91 Å². The maximum Gasteiger partial charge on any atom is 0.328 e. The Bertz CT molecular complexity index is 765. The van der Waals surface area contributed by atoms with Crippen molar-refractivity contribution in [3.8, 4) is 0 Å². The van der Waals surface area contributed by atoms with Gasteiger partial charge in [-0.05, 0) is 19.7 Å². The van der Waals surface area contributed by atoms with E-state index >= 15 is 0 Å². The molecule has 2 aromatic rings. The first kappa shape index (κ1) is 16.7. The first-order valence-corrected chi connectivity index (χ1v) is 7.25. The Labute approximate surface area is 133 Å². The van der Waals surface area contributed by atoms with E-state index < -0.39 is 11.2 Å². The number of aromatic nitrogens is 2. The summed E-state index contributed by atoms with van der Waals surface area (Å²) in [6.45, 7) is 0.290. The number of rotatable bonds is 6. The molecule has 0 unspecified atom stereocenters. The van der Waals surface area contributed by atoms with Crippen LogP contribution in [0.15, 0.2) is 52.2 Å². The van der Waals surface area contributed by atoms with Gasteiger partial charge in [0.1, 0.15) is 6.54 Å². The topological polar surface area (TPSA) is 87.2 Å². The van der Waals surface area contributed by atoms with E-state index in [-0.39, 0.29) is 18.5 Å². The van der Waals surface area contributed by atoms with Gasteiger partial charge in [-0.2, -0.15) is 0 Å². The lowest BCUT2D eigenvalue weighted by molar-refractivity contribution is -0.121. The molecule has 1 aromatic carbocycles. The van der Waals surface area contributed by atoms with E-state index in [1.165, 1.54) is 12.3 Å². The average molecular weight is 316 g/mol. The molecule has 1 atom stereocenters. The molecule has 0 radical (unpaired) electrons. The Kier molecular flexibility index (Phi) is 5.48. The van der Waals surface area contributed by atoms with Crippen molar-refractivity contribution in [2.45, 2.75) is 12.6 Å². The van der Waals surface area contributed by atoms with Crippen LogP contribution in [0.4, 0.5) is 0 Å². The van der Waals surface area contributed by atoms with Crippen molar-refractivity contribution in [2.24, 2.45) is 0 Å². The predicted octanol–water partition coefficient (Wildman–Crippen LogP) is -0.0443. The number of hydrogen-bond donors (Lipinski definition) is 2. The molecule has 0 spiro atoms. The lowest BCUT2D eigenvalue weighted by atomic mass is 10.1. The number of likely N-dealkylation sites (N-methyl/N-ethyl adjacent to an activating group) is 1. The van der Waals surface area contributed by atoms with E-state index in [4.69, 9.17) is 0 Å². The van der Waals surface area contributed by atoms with Crippen LogP contribution < -0.4 is 16.6 Å². The fourth-order valence-corrected chi connectivity index (χ4v) is 2.26. The quantitative estimate of drug-likeness (QED) is 0.782. The largest absolute Gasteiger partial charge is 0.353 e. The molecule has 7 nitrogen and oxygen atoms in total. The monoisotopic (exact) mass is 316 g/mol. The zero-order valence-corrected chi connectivity index (χ0v) is 13.2. The Morgan fingerprint density at radius 3 is 2.52 bits per heavy atom. The number of nitrogens with zero attached hydrogens (tertiary/aromatic N) is 2. The highest BCUT2D eigenvalue weighted by Gasteiger charge is 2.15. The summed E-state index contributed by atoms with van der Waals surface area (Å²) in [6.07, 6.45) is 1.31. The second-order valence-electron chi connectivity index (χ2n) is 5.43. The molecular formula is C16H20N4O3. The second kappa shape index (κ2) is 7.55. The summed E-state index contributed by atoms with van der Waals surface area (Å²) in [6, 6.07) is 11.1. The Morgan fingerprint density at radius 2 is 1.91 bits per heavy atom. The minimum Gasteiger partial charge on any atom is -0.353 e. The Morgan fingerprint density at radius 1 is 1.22 bits per heavy atom. The standard InChI is InChI=1S/C16H20N4O3/c1-19(2)13(12-6-4-3-5-7-12)10-17-15(22)11-20-9-8-14(21)18-16(20)23/h3-9,13H,10-11H2,1-2H3,(H,17,22)(H,18,21,23)/t13-/m0/s1. The highest BCUT2D eigenvalue weighted by molar-refractivity contribution is 5.75. The summed E-state index contributed by atoms with van der Waals surface area (Å²) in [5, 5.41) is 2.82. The van der Waals surface area contributed by atoms with Crippen molar-refractivity contribution < 1.29 is 4.79 Å². The summed E-state index contributed by atoms with van der Waals surface area (Å²) in [5.74, 6) is -0.290. The van der Waals surface area contributed by atoms with Gasteiger partial charge >= 0.3 is 5.69 Å². The summed E-state index contributed by atoms with van der Waals surface area (Å²) in [4.78, 5) is 38.7. The van der Waals surface area contributed by atoms with Crippen LogP contribution in [0.3, 0.4) is 0 Å². The minimum absolute atomic E-state index is 0.0347. The summed E-state index contributed by atoms with van der Waals surface area (Å²) < 4.78 is 1.16. The molecule has 0 saturated carbocycles. The van der Waals surface area contributed by atoms with Gasteiger partial charge in [0.25, 0.3) is 5.56 Å². The molecule has 0 aliphatic rings. The maximum absolute atomic E-state index is 12.0. The minimum atomic E-state index is -0.597. The number of amides is 1. The molecule has 0 fully saturated rings. The predicted molar refractivity (Wildman–Crippen MR) is 87.2 cm³/mol. The Hall–Kier alpha value is -2.67. The number of H-pyrrole nitrogens is 1. The number of nitrogens with one attached hydrogen (secondary N) is 2. The van der Waals surface area contributed by atoms with Crippen LogP contribution in [0.2, 0.25) is 0 Å². The normalized spacial score (nSPS) is 12.1. The molecule has 1 amide bonds. The van der Waals surface area contributed by atoms with Gasteiger partial charge in [-0.3, -0.25) is 19.1 Å². The zero-order valence-electron chi connectivity index (χ0n) is 13.2. The van der Waals surface area contributed by atoms with E-state index in [1.54, 1.807) is 0 Å². The molecule has 0 aliphatic carbocycles. The van der Waals surface area contributed by atoms with E-state index in [0.717, 1.165) is 10.1 Å². The summed E-state index contributed by atoms with van der Waals surface area (Å²) in [5.41, 5.74) is 0.0160. The van der Waals surface area contributed by atoms with E-state index in [1.807, 2.05) is 49.3 Å². The van der Waals surface area contributed by atoms with Crippen molar-refractivity contribution in [3.63, 3.8) is 0 Å². The fourth-order valence-electron chi connectivity index (χ4n) is 2.26. The summed E-state index contributed by atoms with van der Waals surface area (Å²) in [7, 11) is 3.88. The molecule has 0 bridgehead atoms. The lowest BCUT2D eigenvalue weighted by Crippen LogP contribution is -2.39. The number of aromatic amines is 1. The molecule has 1 aromatic heterocycles. The first-order valence-electron chi connectivity index (χ1n) is 7.25. The fraction of sp³-hybridized carbons (Fsp3) is 0.312. The second-order valence-corrected chi connectivity index (χ2v) is 5.43. The molecule has 122 valence electrons. The third-order valence-electron chi connectivity index (χ3n) is 3.51. The van der Waals surface area contributed by atoms with Crippen LogP contribution in [-0.4, -0.2) is 41.0 Å². The van der Waals surface area contributed by atoms with Gasteiger partial charge in [0.05, 0.1) is 6.04 Å². The van der Waals surface area contributed by atoms with Crippen LogP contribution in [-0.2, 0) is 11.3 Å². The number of carbonyl (C=O) groups excluding carboxylic acids is 1. The van der Waals surface area contributed by atoms with Gasteiger partial charge in [0.15, 0.2) is 0 Å². The molecule has 23 heavy (non-hydrogen) atoms. The highest BCUT2D eigenvalue weighted by atomic mass is 16.2. The lowest BCUT2D eigenvalue weighted by Gasteiger charge is -2.25. The van der Waals surface area contributed by atoms with Crippen molar-refractivity contribution in [1.82, 2.24) is 19.8 Å². The van der Waals surface area contributed by atoms with E-state index in [2.05, 4.69) is 10.3 Å². The van der Waals surface area contributed by atoms with Gasteiger partial charge in [0, 0.05) is 18.8 Å². The molecule has 0 saturated heterocycles. The number of hydrogen-bond acceptors (Lipinski definition) is 4. The van der Waals surface area contributed by atoms with Crippen LogP contribution >= 0.6 is 0 Å². The average Bonchev–Trinajstić information content (AvgIpc) is 2.51. The van der Waals surface area contributed by atoms with Crippen LogP contribution in [0, 0.1) is 0 Å². The molecule has 1 heterocycles. The molecule has 7 heteroatoms. The molecular weight excluding hydrogens is 296 g/mol. The van der Waals surface area contributed by atoms with Crippen molar-refractivity contribution in [3.05, 3.63) is 69.0 Å². The van der Waals surface area contributed by atoms with Crippen molar-refractivity contribution >= 4 is 5.91 Å². The number of benzene rings is 1. The SMILES string of the molecule is CN(C)[C@@H](CNC(=O)Cn1ccc(=O)[nH]c1=O)c1ccccc1. The molecule has 0 aliphatic heterocycles. The summed E-state index contributed by atoms with van der Waals surface area (Å²) >= 11 is 0. The van der Waals surface area contributed by atoms with Crippen LogP contribution in [0.5, 0.6) is 0 Å². The third kappa shape index (κ3) is 4.65. The first-order chi connectivity index (χ1) is 11.0. The molecule has 2 N–H and O–H groups in total. The van der Waals surface area contributed by atoms with Gasteiger partial charge < -0.3 is 10.2 Å². The van der Waals surface area contributed by atoms with E-state index in [9.17, 15) is 14.4 Å². The van der Waals surface area contributed by atoms with Gasteiger partial charge in [-0.1, -0.05) is 30.3 Å². The van der Waals surface area contributed by atoms with Crippen molar-refractivity contribution in [1.29, 1.82) is 0 Å². The van der Waals surface area contributed by atoms with E-state index in [0.29, 0.717) is 6.54 Å². The maximum atomic E-state index is 12.0. The number of carbonyl (C=O) groups is 1.